The molecule has 2 fully saturated rings. The second kappa shape index (κ2) is 13.0. The first-order chi connectivity index (χ1) is 24.0. The first-order valence-corrected chi connectivity index (χ1v) is 15.8. The second-order valence-corrected chi connectivity index (χ2v) is 12.9. The van der Waals surface area contributed by atoms with Crippen molar-refractivity contribution in [2.24, 2.45) is 0 Å². The predicted molar refractivity (Wildman–Crippen MR) is 164 cm³/mol. The number of nitrogens with one attached hydrogen (secondary N) is 1. The molecule has 6 rings (SSSR count). The lowest BCUT2D eigenvalue weighted by molar-refractivity contribution is -0.354. The fourth-order valence-electron chi connectivity index (χ4n) is 7.14. The molecule has 2 aliphatic carbocycles. The number of imide groups is 1. The van der Waals surface area contributed by atoms with Crippen LogP contribution in [0.2, 0.25) is 0 Å². The van der Waals surface area contributed by atoms with Crippen molar-refractivity contribution >= 4 is 35.3 Å². The number of nitrogens with zero attached hydrogens (tertiary/aromatic N) is 1. The number of fused-ring (bicyclic) bond motifs is 3. The average Bonchev–Trinajstić information content (AvgIpc) is 3.41. The Kier molecular flexibility index (Phi) is 9.11. The van der Waals surface area contributed by atoms with Gasteiger partial charge < -0.3 is 45.1 Å². The lowest BCUT2D eigenvalue weighted by atomic mass is 9.71. The highest BCUT2D eigenvalue weighted by Gasteiger charge is 2.52. The van der Waals surface area contributed by atoms with Gasteiger partial charge in [0.15, 0.2) is 17.4 Å². The van der Waals surface area contributed by atoms with Gasteiger partial charge in [-0.3, -0.25) is 28.9 Å². The Morgan fingerprint density at radius 1 is 1.02 bits per heavy atom. The standard InChI is InChI=1S/C33H34N2O16/c1-13-26(40)16(34-31(45)50-51-35-20(38)7-8-21(35)39)10-32(2,48-13)49-18-11-33(46,19(37)12-36)9-15-23(18)30(44)25-24(28(15)42)27(41)14-5-4-6-17(47-3)22(14)29(25)43/h4-6,13,16,18,26,36,40,42,44,46H,7-12H2,1-3H3,(H,34,45)/t13?,16?,18-,26+,32?,33-/m0/s1. The number of carbonyl (C=O) groups is 6. The number of hydroxylamine groups is 2. The third-order valence-corrected chi connectivity index (χ3v) is 9.55. The van der Waals surface area contributed by atoms with E-state index >= 15 is 0 Å². The second-order valence-electron chi connectivity index (χ2n) is 12.9. The summed E-state index contributed by atoms with van der Waals surface area (Å²) in [6, 6.07) is 3.02. The van der Waals surface area contributed by atoms with Crippen LogP contribution in [-0.2, 0) is 40.2 Å². The van der Waals surface area contributed by atoms with Gasteiger partial charge >= 0.3 is 6.09 Å². The number of aliphatic hydroxyl groups is 3. The van der Waals surface area contributed by atoms with Crippen LogP contribution in [0.1, 0.15) is 88.6 Å². The van der Waals surface area contributed by atoms with Crippen LogP contribution in [0.4, 0.5) is 4.79 Å². The van der Waals surface area contributed by atoms with Crippen LogP contribution < -0.4 is 10.1 Å². The fraction of sp³-hybridized carbons (Fsp3) is 0.455. The van der Waals surface area contributed by atoms with Gasteiger partial charge in [-0.25, -0.2) is 4.79 Å². The van der Waals surface area contributed by atoms with E-state index in [1.807, 2.05) is 0 Å². The number of aliphatic hydroxyl groups excluding tert-OH is 2. The van der Waals surface area contributed by atoms with Gasteiger partial charge in [0.05, 0.1) is 42.0 Å². The summed E-state index contributed by atoms with van der Waals surface area (Å²) >= 11 is 0. The summed E-state index contributed by atoms with van der Waals surface area (Å²) in [6.07, 6.45) is -7.33. The molecule has 18 nitrogen and oxygen atoms in total. The first-order valence-electron chi connectivity index (χ1n) is 15.8. The zero-order chi connectivity index (χ0) is 37.2. The van der Waals surface area contributed by atoms with Gasteiger partial charge in [-0.05, 0) is 24.9 Å². The Morgan fingerprint density at radius 2 is 1.69 bits per heavy atom. The zero-order valence-corrected chi connectivity index (χ0v) is 27.5. The number of aromatic hydroxyl groups is 2. The molecule has 3 unspecified atom stereocenters. The number of Topliss-reactive ketones (excluding diaryl/α,β-unsaturated/α-hetero) is 1. The van der Waals surface area contributed by atoms with Crippen LogP contribution in [-0.4, -0.2) is 109 Å². The summed E-state index contributed by atoms with van der Waals surface area (Å²) in [5.41, 5.74) is -4.42. The Balaban J connectivity index is 1.36. The Hall–Kier alpha value is -4.98. The summed E-state index contributed by atoms with van der Waals surface area (Å²) in [5, 5.41) is 58.0. The van der Waals surface area contributed by atoms with Crippen LogP contribution in [0, 0.1) is 0 Å². The molecule has 51 heavy (non-hydrogen) atoms. The Labute approximate surface area is 288 Å². The number of hydrogen-bond acceptors (Lipinski definition) is 16. The molecule has 0 bridgehead atoms. The monoisotopic (exact) mass is 714 g/mol. The number of ether oxygens (including phenoxy) is 3. The molecule has 18 heteroatoms. The van der Waals surface area contributed by atoms with Gasteiger partial charge in [0.2, 0.25) is 5.78 Å². The smallest absolute Gasteiger partial charge is 0.441 e. The zero-order valence-electron chi connectivity index (χ0n) is 27.5. The molecule has 0 saturated carbocycles. The fourth-order valence-corrected chi connectivity index (χ4v) is 7.14. The van der Waals surface area contributed by atoms with E-state index in [1.54, 1.807) is 0 Å². The normalized spacial score (nSPS) is 28.5. The van der Waals surface area contributed by atoms with E-state index in [1.165, 1.54) is 39.2 Å². The van der Waals surface area contributed by atoms with E-state index in [9.17, 15) is 54.3 Å². The summed E-state index contributed by atoms with van der Waals surface area (Å²) in [6.45, 7) is 1.68. The van der Waals surface area contributed by atoms with Crippen molar-refractivity contribution in [1.29, 1.82) is 0 Å². The van der Waals surface area contributed by atoms with Gasteiger partial charge in [-0.15, -0.1) is 5.06 Å². The molecule has 0 aromatic heterocycles. The molecule has 272 valence electrons. The van der Waals surface area contributed by atoms with Crippen molar-refractivity contribution < 1.29 is 78.4 Å². The summed E-state index contributed by atoms with van der Waals surface area (Å²) in [7, 11) is 1.28. The molecule has 6 N–H and O–H groups in total. The number of carbonyl (C=O) groups excluding carboxylic acids is 6. The molecular weight excluding hydrogens is 680 g/mol. The van der Waals surface area contributed by atoms with Crippen molar-refractivity contribution in [1.82, 2.24) is 10.4 Å². The average molecular weight is 715 g/mol. The van der Waals surface area contributed by atoms with Crippen molar-refractivity contribution in [2.45, 2.75) is 81.7 Å². The maximum atomic E-state index is 13.9. The van der Waals surface area contributed by atoms with Crippen LogP contribution in [0.5, 0.6) is 17.2 Å². The summed E-state index contributed by atoms with van der Waals surface area (Å²) in [5.74, 6) is -7.64. The number of phenolic OH excluding ortho intramolecular Hbond substituents is 2. The molecule has 2 aromatic rings. The highest BCUT2D eigenvalue weighted by Crippen LogP contribution is 2.53. The molecule has 0 radical (unpaired) electrons. The van der Waals surface area contributed by atoms with Crippen molar-refractivity contribution in [3.8, 4) is 17.2 Å². The molecule has 4 aliphatic rings. The number of benzene rings is 2. The van der Waals surface area contributed by atoms with Crippen LogP contribution in [0.3, 0.4) is 0 Å². The number of rotatable bonds is 8. The maximum absolute atomic E-state index is 13.9. The highest BCUT2D eigenvalue weighted by atomic mass is 17.3. The van der Waals surface area contributed by atoms with Crippen LogP contribution in [0.15, 0.2) is 18.2 Å². The van der Waals surface area contributed by atoms with Gasteiger partial charge in [0.25, 0.3) is 11.8 Å². The minimum atomic E-state index is -2.41. The molecule has 3 amide bonds. The number of ketones is 3. The quantitative estimate of drug-likeness (QED) is 0.0785. The van der Waals surface area contributed by atoms with Crippen molar-refractivity contribution in [3.05, 3.63) is 51.6 Å². The summed E-state index contributed by atoms with van der Waals surface area (Å²) < 4.78 is 17.5. The molecule has 2 aliphatic heterocycles. The van der Waals surface area contributed by atoms with E-state index in [4.69, 9.17) is 14.2 Å². The van der Waals surface area contributed by atoms with Crippen LogP contribution in [0.25, 0.3) is 0 Å². The van der Waals surface area contributed by atoms with E-state index in [0.29, 0.717) is 0 Å². The van der Waals surface area contributed by atoms with Gasteiger partial charge in [0, 0.05) is 48.8 Å². The van der Waals surface area contributed by atoms with Gasteiger partial charge in [0.1, 0.15) is 35.6 Å². The number of hydrogen-bond donors (Lipinski definition) is 6. The number of phenols is 2. The molecule has 2 heterocycles. The van der Waals surface area contributed by atoms with E-state index in [-0.39, 0.29) is 52.3 Å². The minimum Gasteiger partial charge on any atom is -0.507 e. The molecule has 0 spiro atoms. The largest absolute Gasteiger partial charge is 0.507 e. The molecular formula is C33H34N2O16. The molecule has 2 saturated heterocycles. The third-order valence-electron chi connectivity index (χ3n) is 9.55. The van der Waals surface area contributed by atoms with E-state index in [2.05, 4.69) is 15.2 Å². The van der Waals surface area contributed by atoms with Crippen LogP contribution >= 0.6 is 0 Å². The Morgan fingerprint density at radius 3 is 2.33 bits per heavy atom. The lowest BCUT2D eigenvalue weighted by Crippen LogP contribution is -2.60. The predicted octanol–water partition coefficient (Wildman–Crippen LogP) is 0.154. The molecule has 2 aromatic carbocycles. The summed E-state index contributed by atoms with van der Waals surface area (Å²) in [4.78, 5) is 85.7. The van der Waals surface area contributed by atoms with E-state index in [0.717, 1.165) is 0 Å². The number of methoxy groups -OCH3 is 1. The van der Waals surface area contributed by atoms with E-state index < -0.39 is 113 Å². The highest BCUT2D eigenvalue weighted by molar-refractivity contribution is 6.31. The minimum absolute atomic E-state index is 0.0283. The first kappa shape index (κ1) is 35.8. The molecule has 6 atom stereocenters. The van der Waals surface area contributed by atoms with Crippen molar-refractivity contribution in [2.75, 3.05) is 13.7 Å². The number of amides is 3. The maximum Gasteiger partial charge on any atom is 0.441 e. The topological polar surface area (TPSA) is 265 Å². The SMILES string of the molecule is COc1cccc2c1C(=O)c1c(O)c3c(c(O)c1C2=O)C[C@@](O)(C(=O)CO)C[C@@H]3OC1(C)CC(NC(=O)OON2C(=O)CCC2=O)[C@H](O)C(C)O1. The van der Waals surface area contributed by atoms with Crippen molar-refractivity contribution in [3.63, 3.8) is 0 Å². The lowest BCUT2D eigenvalue weighted by Gasteiger charge is -2.47. The Bertz CT molecular complexity index is 1860. The van der Waals surface area contributed by atoms with Gasteiger partial charge in [-0.1, -0.05) is 12.1 Å². The third kappa shape index (κ3) is 5.98. The van der Waals surface area contributed by atoms with Gasteiger partial charge in [-0.2, -0.15) is 0 Å².